The van der Waals surface area contributed by atoms with Crippen LogP contribution in [0.1, 0.15) is 20.8 Å². The van der Waals surface area contributed by atoms with Crippen molar-refractivity contribution in [3.05, 3.63) is 71.9 Å². The Kier molecular flexibility index (Phi) is 5.41. The number of carbonyl (C=O) groups excluding carboxylic acids is 2. The Bertz CT molecular complexity index is 945. The predicted molar refractivity (Wildman–Crippen MR) is 92.0 cm³/mol. The molecule has 7 nitrogen and oxygen atoms in total. The number of aromatic nitrogens is 2. The largest absolute Gasteiger partial charge is 0.435 e. The van der Waals surface area contributed by atoms with E-state index in [0.717, 1.165) is 11.6 Å². The van der Waals surface area contributed by atoms with E-state index in [1.807, 2.05) is 30.3 Å². The highest BCUT2D eigenvalue weighted by Crippen LogP contribution is 2.17. The quantitative estimate of drug-likeness (QED) is 0.600. The van der Waals surface area contributed by atoms with Crippen LogP contribution >= 0.6 is 0 Å². The van der Waals surface area contributed by atoms with Gasteiger partial charge in [-0.05, 0) is 24.3 Å². The summed E-state index contributed by atoms with van der Waals surface area (Å²) >= 11 is 0. The molecule has 9 heteroatoms. The third-order valence-electron chi connectivity index (χ3n) is 3.50. The zero-order valence-corrected chi connectivity index (χ0v) is 13.8. The van der Waals surface area contributed by atoms with Crippen molar-refractivity contribution >= 4 is 11.8 Å². The molecule has 0 radical (unpaired) electrons. The summed E-state index contributed by atoms with van der Waals surface area (Å²) in [6.07, 6.45) is 0. The molecule has 27 heavy (non-hydrogen) atoms. The van der Waals surface area contributed by atoms with Crippen molar-refractivity contribution in [3.8, 4) is 17.0 Å². The number of carbonyl (C=O) groups is 2. The van der Waals surface area contributed by atoms with Crippen LogP contribution in [0, 0.1) is 0 Å². The van der Waals surface area contributed by atoms with Gasteiger partial charge in [-0.1, -0.05) is 36.4 Å². The lowest BCUT2D eigenvalue weighted by Gasteiger charge is -2.08. The van der Waals surface area contributed by atoms with Crippen LogP contribution in [0.3, 0.4) is 0 Å². The number of alkyl halides is 2. The number of amides is 2. The number of ether oxygens (including phenoxy) is 1. The molecule has 0 atom stereocenters. The van der Waals surface area contributed by atoms with Crippen molar-refractivity contribution in [2.45, 2.75) is 6.61 Å². The van der Waals surface area contributed by atoms with Crippen LogP contribution in [0.2, 0.25) is 0 Å². The first-order valence-electron chi connectivity index (χ1n) is 7.79. The first-order valence-corrected chi connectivity index (χ1v) is 7.79. The van der Waals surface area contributed by atoms with Crippen LogP contribution in [0.25, 0.3) is 11.3 Å². The highest BCUT2D eigenvalue weighted by atomic mass is 19.3. The number of halogens is 2. The van der Waals surface area contributed by atoms with E-state index in [1.165, 1.54) is 24.3 Å². The summed E-state index contributed by atoms with van der Waals surface area (Å²) in [4.78, 5) is 24.2. The van der Waals surface area contributed by atoms with Gasteiger partial charge in [0.1, 0.15) is 11.4 Å². The Balaban J connectivity index is 1.61. The number of aromatic amines is 1. The summed E-state index contributed by atoms with van der Waals surface area (Å²) in [6, 6.07) is 16.0. The van der Waals surface area contributed by atoms with Gasteiger partial charge in [-0.2, -0.15) is 13.9 Å². The predicted octanol–water partition coefficient (Wildman–Crippen LogP) is 2.75. The SMILES string of the molecule is O=C(NNC(=O)c1cc(-c2ccccc2)n[nH]1)c1cccc(OC(F)F)c1. The Labute approximate surface area is 152 Å². The normalized spacial score (nSPS) is 10.5. The van der Waals surface area contributed by atoms with Gasteiger partial charge in [0.25, 0.3) is 11.8 Å². The molecular weight excluding hydrogens is 358 g/mol. The number of H-pyrrole nitrogens is 1. The maximum absolute atomic E-state index is 12.2. The molecule has 138 valence electrons. The number of rotatable bonds is 5. The van der Waals surface area contributed by atoms with Crippen LogP contribution in [0.15, 0.2) is 60.7 Å². The summed E-state index contributed by atoms with van der Waals surface area (Å²) in [5.74, 6) is -1.46. The molecule has 0 saturated heterocycles. The second-order valence-corrected chi connectivity index (χ2v) is 5.35. The van der Waals surface area contributed by atoms with Crippen LogP contribution in [0.5, 0.6) is 5.75 Å². The molecule has 2 aromatic carbocycles. The fourth-order valence-electron chi connectivity index (χ4n) is 2.26. The van der Waals surface area contributed by atoms with Crippen LogP contribution in [0.4, 0.5) is 8.78 Å². The molecule has 0 fully saturated rings. The Morgan fingerprint density at radius 1 is 0.963 bits per heavy atom. The molecule has 0 aliphatic heterocycles. The molecule has 0 aliphatic rings. The van der Waals surface area contributed by atoms with Crippen molar-refractivity contribution in [1.29, 1.82) is 0 Å². The summed E-state index contributed by atoms with van der Waals surface area (Å²) < 4.78 is 28.7. The number of nitrogens with zero attached hydrogens (tertiary/aromatic N) is 1. The monoisotopic (exact) mass is 372 g/mol. The third-order valence-corrected chi connectivity index (χ3v) is 3.50. The van der Waals surface area contributed by atoms with E-state index in [9.17, 15) is 18.4 Å². The average Bonchev–Trinajstić information content (AvgIpc) is 3.16. The first-order chi connectivity index (χ1) is 13.0. The second-order valence-electron chi connectivity index (χ2n) is 5.35. The van der Waals surface area contributed by atoms with Gasteiger partial charge in [0.05, 0.1) is 5.69 Å². The Morgan fingerprint density at radius 2 is 1.70 bits per heavy atom. The smallest absolute Gasteiger partial charge is 0.387 e. The van der Waals surface area contributed by atoms with E-state index in [1.54, 1.807) is 0 Å². The number of nitrogens with one attached hydrogen (secondary N) is 3. The molecule has 0 unspecified atom stereocenters. The minimum Gasteiger partial charge on any atom is -0.435 e. The fraction of sp³-hybridized carbons (Fsp3) is 0.0556. The molecule has 0 aliphatic carbocycles. The fourth-order valence-corrected chi connectivity index (χ4v) is 2.26. The minimum atomic E-state index is -3.00. The molecule has 3 rings (SSSR count). The molecule has 0 saturated carbocycles. The lowest BCUT2D eigenvalue weighted by atomic mass is 10.1. The maximum atomic E-state index is 12.2. The van der Waals surface area contributed by atoms with E-state index in [2.05, 4.69) is 25.8 Å². The zero-order chi connectivity index (χ0) is 19.2. The van der Waals surface area contributed by atoms with E-state index < -0.39 is 18.4 Å². The van der Waals surface area contributed by atoms with Gasteiger partial charge in [-0.25, -0.2) is 0 Å². The van der Waals surface area contributed by atoms with Crippen molar-refractivity contribution in [1.82, 2.24) is 21.0 Å². The van der Waals surface area contributed by atoms with Crippen LogP contribution < -0.4 is 15.6 Å². The molecule has 1 aromatic heterocycles. The van der Waals surface area contributed by atoms with E-state index in [4.69, 9.17) is 0 Å². The highest BCUT2D eigenvalue weighted by Gasteiger charge is 2.13. The van der Waals surface area contributed by atoms with Gasteiger partial charge < -0.3 is 4.74 Å². The average molecular weight is 372 g/mol. The summed E-state index contributed by atoms with van der Waals surface area (Å²) in [5.41, 5.74) is 6.01. The Hall–Kier alpha value is -3.75. The van der Waals surface area contributed by atoms with Crippen molar-refractivity contribution < 1.29 is 23.1 Å². The lowest BCUT2D eigenvalue weighted by Crippen LogP contribution is -2.41. The summed E-state index contributed by atoms with van der Waals surface area (Å²) in [7, 11) is 0. The van der Waals surface area contributed by atoms with Crippen molar-refractivity contribution in [3.63, 3.8) is 0 Å². The van der Waals surface area contributed by atoms with Gasteiger partial charge in [0, 0.05) is 11.1 Å². The standard InChI is InChI=1S/C18H14F2N4O3/c19-18(20)27-13-8-4-7-12(9-13)16(25)23-24-17(26)15-10-14(21-22-15)11-5-2-1-3-6-11/h1-10,18H,(H,21,22)(H,23,25)(H,24,26). The molecule has 3 N–H and O–H groups in total. The lowest BCUT2D eigenvalue weighted by molar-refractivity contribution is -0.0498. The van der Waals surface area contributed by atoms with Gasteiger partial charge in [-0.15, -0.1) is 0 Å². The Morgan fingerprint density at radius 3 is 2.44 bits per heavy atom. The molecular formula is C18H14F2N4O3. The molecule has 3 aromatic rings. The van der Waals surface area contributed by atoms with Crippen molar-refractivity contribution in [2.24, 2.45) is 0 Å². The topological polar surface area (TPSA) is 96.1 Å². The second kappa shape index (κ2) is 8.09. The first kappa shape index (κ1) is 18.1. The molecule has 0 bridgehead atoms. The third kappa shape index (κ3) is 4.66. The van der Waals surface area contributed by atoms with E-state index in [-0.39, 0.29) is 17.0 Å². The van der Waals surface area contributed by atoms with Gasteiger partial charge in [-0.3, -0.25) is 25.5 Å². The number of hydrogen-bond acceptors (Lipinski definition) is 4. The number of hydrogen-bond donors (Lipinski definition) is 3. The molecule has 1 heterocycles. The molecule has 2 amide bonds. The van der Waals surface area contributed by atoms with Gasteiger partial charge >= 0.3 is 6.61 Å². The van der Waals surface area contributed by atoms with Gasteiger partial charge in [0.15, 0.2) is 0 Å². The van der Waals surface area contributed by atoms with E-state index in [0.29, 0.717) is 5.69 Å². The molecule has 0 spiro atoms. The summed E-state index contributed by atoms with van der Waals surface area (Å²) in [5, 5.41) is 6.63. The summed E-state index contributed by atoms with van der Waals surface area (Å²) in [6.45, 7) is -3.00. The maximum Gasteiger partial charge on any atom is 0.387 e. The zero-order valence-electron chi connectivity index (χ0n) is 13.8. The van der Waals surface area contributed by atoms with Gasteiger partial charge in [0.2, 0.25) is 0 Å². The van der Waals surface area contributed by atoms with Crippen LogP contribution in [-0.4, -0.2) is 28.6 Å². The minimum absolute atomic E-state index is 0.0445. The number of benzene rings is 2. The highest BCUT2D eigenvalue weighted by molar-refractivity contribution is 5.98. The van der Waals surface area contributed by atoms with Crippen molar-refractivity contribution in [2.75, 3.05) is 0 Å². The van der Waals surface area contributed by atoms with Crippen LogP contribution in [-0.2, 0) is 0 Å². The number of hydrazine groups is 1. The van der Waals surface area contributed by atoms with E-state index >= 15 is 0 Å².